The van der Waals surface area contributed by atoms with Crippen LogP contribution >= 0.6 is 0 Å². The lowest BCUT2D eigenvalue weighted by atomic mass is 10.1. The number of hydrogen-bond acceptors (Lipinski definition) is 7. The van der Waals surface area contributed by atoms with E-state index in [4.69, 9.17) is 9.47 Å². The molecule has 0 aliphatic heterocycles. The maximum Gasteiger partial charge on any atom is 0.337 e. The predicted octanol–water partition coefficient (Wildman–Crippen LogP) is 3.85. The third-order valence-electron chi connectivity index (χ3n) is 5.35. The SMILES string of the molecule is COc1ccc(/C=C/C(=O)Nc2ccccc2C(=O)O)cc1OCc1cn(CC(=O)Nc2ccccc2)nn1. The highest BCUT2D eigenvalue weighted by atomic mass is 16.5. The number of amides is 2. The lowest BCUT2D eigenvalue weighted by Gasteiger charge is -2.10. The van der Waals surface area contributed by atoms with E-state index in [2.05, 4.69) is 20.9 Å². The fourth-order valence-corrected chi connectivity index (χ4v) is 3.54. The number of rotatable bonds is 11. The summed E-state index contributed by atoms with van der Waals surface area (Å²) in [5, 5.41) is 22.6. The molecule has 0 bridgehead atoms. The van der Waals surface area contributed by atoms with Gasteiger partial charge in [0.05, 0.1) is 24.6 Å². The van der Waals surface area contributed by atoms with E-state index in [1.165, 1.54) is 30.0 Å². The van der Waals surface area contributed by atoms with Crippen molar-refractivity contribution in [1.82, 2.24) is 15.0 Å². The van der Waals surface area contributed by atoms with Gasteiger partial charge in [-0.3, -0.25) is 9.59 Å². The lowest BCUT2D eigenvalue weighted by molar-refractivity contribution is -0.117. The van der Waals surface area contributed by atoms with Crippen LogP contribution in [0.1, 0.15) is 21.6 Å². The highest BCUT2D eigenvalue weighted by Crippen LogP contribution is 2.29. The van der Waals surface area contributed by atoms with Gasteiger partial charge in [0.2, 0.25) is 11.8 Å². The number of aromatic carboxylic acids is 1. The number of anilines is 2. The molecule has 0 saturated heterocycles. The molecule has 11 nitrogen and oxygen atoms in total. The number of carbonyl (C=O) groups is 3. The summed E-state index contributed by atoms with van der Waals surface area (Å²) in [6, 6.07) is 20.4. The minimum Gasteiger partial charge on any atom is -0.493 e. The first-order valence-corrected chi connectivity index (χ1v) is 11.8. The van der Waals surface area contributed by atoms with Gasteiger partial charge < -0.3 is 25.2 Å². The van der Waals surface area contributed by atoms with Gasteiger partial charge in [0.15, 0.2) is 11.5 Å². The molecule has 0 saturated carbocycles. The number of aromatic nitrogens is 3. The molecule has 0 unspecified atom stereocenters. The van der Waals surface area contributed by atoms with Gasteiger partial charge in [0.1, 0.15) is 18.8 Å². The van der Waals surface area contributed by atoms with Gasteiger partial charge in [0, 0.05) is 11.8 Å². The highest BCUT2D eigenvalue weighted by Gasteiger charge is 2.12. The Balaban J connectivity index is 1.36. The van der Waals surface area contributed by atoms with Crippen molar-refractivity contribution in [3.63, 3.8) is 0 Å². The van der Waals surface area contributed by atoms with Crippen molar-refractivity contribution in [2.45, 2.75) is 13.2 Å². The Bertz CT molecular complexity index is 1500. The predicted molar refractivity (Wildman–Crippen MR) is 143 cm³/mol. The largest absolute Gasteiger partial charge is 0.493 e. The van der Waals surface area contributed by atoms with Crippen LogP contribution in [0.3, 0.4) is 0 Å². The Morgan fingerprint density at radius 3 is 2.51 bits per heavy atom. The molecule has 4 rings (SSSR count). The van der Waals surface area contributed by atoms with E-state index in [1.807, 2.05) is 18.2 Å². The number of carboxylic acid groups (broad SMARTS) is 1. The first-order chi connectivity index (χ1) is 18.9. The summed E-state index contributed by atoms with van der Waals surface area (Å²) in [7, 11) is 1.51. The van der Waals surface area contributed by atoms with Crippen molar-refractivity contribution in [2.75, 3.05) is 17.7 Å². The maximum atomic E-state index is 12.4. The summed E-state index contributed by atoms with van der Waals surface area (Å²) in [6.07, 6.45) is 4.46. The van der Waals surface area contributed by atoms with E-state index in [-0.39, 0.29) is 30.3 Å². The average Bonchev–Trinajstić information content (AvgIpc) is 3.38. The van der Waals surface area contributed by atoms with E-state index >= 15 is 0 Å². The molecule has 0 spiro atoms. The summed E-state index contributed by atoms with van der Waals surface area (Å²) < 4.78 is 12.6. The minimum atomic E-state index is -1.14. The van der Waals surface area contributed by atoms with Crippen molar-refractivity contribution < 1.29 is 29.0 Å². The van der Waals surface area contributed by atoms with Crippen molar-refractivity contribution in [2.24, 2.45) is 0 Å². The Labute approximate surface area is 223 Å². The second-order valence-electron chi connectivity index (χ2n) is 8.19. The number of nitrogens with one attached hydrogen (secondary N) is 2. The summed E-state index contributed by atoms with van der Waals surface area (Å²) in [5.74, 6) is -0.985. The molecule has 3 N–H and O–H groups in total. The smallest absolute Gasteiger partial charge is 0.337 e. The van der Waals surface area contributed by atoms with E-state index in [9.17, 15) is 19.5 Å². The molecule has 11 heteroatoms. The fourth-order valence-electron chi connectivity index (χ4n) is 3.54. The van der Waals surface area contributed by atoms with E-state index in [1.54, 1.807) is 54.7 Å². The summed E-state index contributed by atoms with van der Waals surface area (Å²) >= 11 is 0. The van der Waals surface area contributed by atoms with Crippen molar-refractivity contribution in [1.29, 1.82) is 0 Å². The molecule has 0 aliphatic carbocycles. The average molecular weight is 528 g/mol. The normalized spacial score (nSPS) is 10.7. The molecule has 198 valence electrons. The van der Waals surface area contributed by atoms with Crippen LogP contribution in [0.2, 0.25) is 0 Å². The third kappa shape index (κ3) is 7.52. The van der Waals surface area contributed by atoms with Crippen LogP contribution in [-0.2, 0) is 22.7 Å². The van der Waals surface area contributed by atoms with Gasteiger partial charge in [0.25, 0.3) is 0 Å². The molecular formula is C28H25N5O6. The topological polar surface area (TPSA) is 145 Å². The lowest BCUT2D eigenvalue weighted by Crippen LogP contribution is -2.19. The summed E-state index contributed by atoms with van der Waals surface area (Å²) in [5.41, 5.74) is 2.03. The number of carboxylic acids is 1. The van der Waals surface area contributed by atoms with Crippen LogP contribution in [0.25, 0.3) is 6.08 Å². The number of hydrogen-bond donors (Lipinski definition) is 3. The highest BCUT2D eigenvalue weighted by molar-refractivity contribution is 6.06. The maximum absolute atomic E-state index is 12.4. The van der Waals surface area contributed by atoms with Crippen molar-refractivity contribution in [3.8, 4) is 11.5 Å². The van der Waals surface area contributed by atoms with Crippen molar-refractivity contribution in [3.05, 3.63) is 102 Å². The van der Waals surface area contributed by atoms with E-state index < -0.39 is 11.9 Å². The molecule has 0 atom stereocenters. The van der Waals surface area contributed by atoms with Crippen LogP contribution in [0, 0.1) is 0 Å². The van der Waals surface area contributed by atoms with E-state index in [0.717, 1.165) is 0 Å². The Hall–Kier alpha value is -5.45. The van der Waals surface area contributed by atoms with Crippen molar-refractivity contribution >= 4 is 35.2 Å². The molecule has 39 heavy (non-hydrogen) atoms. The monoisotopic (exact) mass is 527 g/mol. The van der Waals surface area contributed by atoms with Crippen LogP contribution < -0.4 is 20.1 Å². The van der Waals surface area contributed by atoms with Gasteiger partial charge in [-0.05, 0) is 48.0 Å². The van der Waals surface area contributed by atoms with Gasteiger partial charge in [-0.1, -0.05) is 41.6 Å². The quantitative estimate of drug-likeness (QED) is 0.250. The van der Waals surface area contributed by atoms with Gasteiger partial charge >= 0.3 is 5.97 Å². The third-order valence-corrected chi connectivity index (χ3v) is 5.35. The molecule has 1 aromatic heterocycles. The standard InChI is InChI=1S/C28H25N5O6/c1-38-24-13-11-19(12-14-26(34)30-23-10-6-5-9-22(23)28(36)37)15-25(24)39-18-21-16-33(32-31-21)17-27(35)29-20-7-3-2-4-8-20/h2-16H,17-18H2,1H3,(H,29,35)(H,30,34)(H,36,37)/b14-12+. The number of para-hydroxylation sites is 2. The zero-order valence-electron chi connectivity index (χ0n) is 20.9. The van der Waals surface area contributed by atoms with Gasteiger partial charge in [-0.25, -0.2) is 9.48 Å². The van der Waals surface area contributed by atoms with Gasteiger partial charge in [-0.15, -0.1) is 5.10 Å². The molecule has 3 aromatic carbocycles. The molecule has 0 fully saturated rings. The molecule has 1 heterocycles. The second kappa shape index (κ2) is 12.7. The van der Waals surface area contributed by atoms with Crippen LogP contribution in [0.5, 0.6) is 11.5 Å². The first kappa shape index (κ1) is 26.6. The molecule has 0 radical (unpaired) electrons. The van der Waals surface area contributed by atoms with Crippen LogP contribution in [-0.4, -0.2) is 45.0 Å². The summed E-state index contributed by atoms with van der Waals surface area (Å²) in [4.78, 5) is 35.9. The molecular weight excluding hydrogens is 502 g/mol. The molecule has 2 amide bonds. The number of carbonyl (C=O) groups excluding carboxylic acids is 2. The van der Waals surface area contributed by atoms with E-state index in [0.29, 0.717) is 28.4 Å². The second-order valence-corrected chi connectivity index (χ2v) is 8.19. The number of ether oxygens (including phenoxy) is 2. The Morgan fingerprint density at radius 2 is 1.74 bits per heavy atom. The van der Waals surface area contributed by atoms with Crippen LogP contribution in [0.15, 0.2) is 85.1 Å². The fraction of sp³-hybridized carbons (Fsp3) is 0.107. The number of methoxy groups -OCH3 is 1. The first-order valence-electron chi connectivity index (χ1n) is 11.8. The Kier molecular flexibility index (Phi) is 8.65. The molecule has 0 aliphatic rings. The zero-order chi connectivity index (χ0) is 27.6. The minimum absolute atomic E-state index is 0.00635. The number of benzene rings is 3. The van der Waals surface area contributed by atoms with Gasteiger partial charge in [-0.2, -0.15) is 0 Å². The summed E-state index contributed by atoms with van der Waals surface area (Å²) in [6.45, 7) is 0.0563. The number of nitrogens with zero attached hydrogens (tertiary/aromatic N) is 3. The zero-order valence-corrected chi connectivity index (χ0v) is 20.9. The Morgan fingerprint density at radius 1 is 0.974 bits per heavy atom. The van der Waals surface area contributed by atoms with Crippen LogP contribution in [0.4, 0.5) is 11.4 Å². The molecule has 4 aromatic rings.